The molecule has 0 saturated heterocycles. The monoisotopic (exact) mass is 406 g/mol. The van der Waals surface area contributed by atoms with Gasteiger partial charge in [0.1, 0.15) is 5.75 Å². The summed E-state index contributed by atoms with van der Waals surface area (Å²) < 4.78 is 5.24. The Labute approximate surface area is 168 Å². The summed E-state index contributed by atoms with van der Waals surface area (Å²) in [6, 6.07) is 13.4. The summed E-state index contributed by atoms with van der Waals surface area (Å²) >= 11 is 7.32. The van der Waals surface area contributed by atoms with Gasteiger partial charge in [-0.1, -0.05) is 41.9 Å². The van der Waals surface area contributed by atoms with Crippen molar-refractivity contribution in [2.45, 2.75) is 13.3 Å². The Hall–Kier alpha value is -2.18. The molecule has 0 fully saturated rings. The lowest BCUT2D eigenvalue weighted by Gasteiger charge is -2.12. The third kappa shape index (κ3) is 7.15. The van der Waals surface area contributed by atoms with E-state index in [0.717, 1.165) is 12.0 Å². The molecular weight excluding hydrogens is 384 g/mol. The number of amides is 2. The molecule has 7 heteroatoms. The summed E-state index contributed by atoms with van der Waals surface area (Å²) in [5, 5.41) is 6.23. The second-order valence-corrected chi connectivity index (χ2v) is 7.32. The predicted octanol–water partition coefficient (Wildman–Crippen LogP) is 3.69. The van der Waals surface area contributed by atoms with Crippen molar-refractivity contribution in [3.63, 3.8) is 0 Å². The van der Waals surface area contributed by atoms with Crippen LogP contribution in [0, 0.1) is 6.92 Å². The van der Waals surface area contributed by atoms with Gasteiger partial charge in [0.2, 0.25) is 11.8 Å². The maximum atomic E-state index is 12.1. The van der Waals surface area contributed by atoms with Crippen LogP contribution >= 0.6 is 23.4 Å². The van der Waals surface area contributed by atoms with Crippen molar-refractivity contribution >= 4 is 40.9 Å². The molecule has 0 atom stereocenters. The van der Waals surface area contributed by atoms with Gasteiger partial charge in [0.05, 0.1) is 24.3 Å². The summed E-state index contributed by atoms with van der Waals surface area (Å²) in [5.74, 6) is 0.638. The van der Waals surface area contributed by atoms with Gasteiger partial charge in [-0.2, -0.15) is 0 Å². The summed E-state index contributed by atoms with van der Waals surface area (Å²) in [7, 11) is 1.52. The minimum atomic E-state index is -0.197. The number of carbonyl (C=O) groups excluding carboxylic acids is 2. The maximum Gasteiger partial charge on any atom is 0.234 e. The molecule has 2 aromatic rings. The Morgan fingerprint density at radius 2 is 1.81 bits per heavy atom. The molecule has 0 spiro atoms. The van der Waals surface area contributed by atoms with Gasteiger partial charge in [-0.25, -0.2) is 0 Å². The molecule has 0 aliphatic heterocycles. The molecule has 27 heavy (non-hydrogen) atoms. The number of hydrogen-bond acceptors (Lipinski definition) is 4. The number of benzene rings is 2. The Balaban J connectivity index is 1.70. The molecule has 0 aliphatic carbocycles. The number of thioether (sulfide) groups is 1. The number of anilines is 1. The Kier molecular flexibility index (Phi) is 8.48. The van der Waals surface area contributed by atoms with Gasteiger partial charge >= 0.3 is 0 Å². The third-order valence-electron chi connectivity index (χ3n) is 3.80. The first-order valence-electron chi connectivity index (χ1n) is 8.52. The summed E-state index contributed by atoms with van der Waals surface area (Å²) in [5.41, 5.74) is 2.59. The van der Waals surface area contributed by atoms with E-state index in [1.54, 1.807) is 12.1 Å². The molecule has 2 aromatic carbocycles. The van der Waals surface area contributed by atoms with Gasteiger partial charge < -0.3 is 15.4 Å². The van der Waals surface area contributed by atoms with Crippen LogP contribution in [0.2, 0.25) is 5.02 Å². The molecular formula is C20H23ClN2O3S. The first kappa shape index (κ1) is 21.1. The molecule has 0 saturated carbocycles. The second-order valence-electron chi connectivity index (χ2n) is 5.93. The van der Waals surface area contributed by atoms with Crippen molar-refractivity contribution in [3.05, 3.63) is 58.6 Å². The molecule has 0 aromatic heterocycles. The highest BCUT2D eigenvalue weighted by molar-refractivity contribution is 8.00. The van der Waals surface area contributed by atoms with Crippen molar-refractivity contribution in [2.75, 3.05) is 30.5 Å². The van der Waals surface area contributed by atoms with E-state index in [1.165, 1.54) is 24.4 Å². The highest BCUT2D eigenvalue weighted by atomic mass is 35.5. The minimum Gasteiger partial charge on any atom is -0.495 e. The van der Waals surface area contributed by atoms with E-state index < -0.39 is 0 Å². The molecule has 2 amide bonds. The lowest BCUT2D eigenvalue weighted by molar-refractivity contribution is -0.118. The molecule has 0 unspecified atom stereocenters. The fraction of sp³-hybridized carbons (Fsp3) is 0.300. The number of hydrogen-bond donors (Lipinski definition) is 2. The van der Waals surface area contributed by atoms with Crippen molar-refractivity contribution < 1.29 is 14.3 Å². The normalized spacial score (nSPS) is 10.3. The van der Waals surface area contributed by atoms with Crippen LogP contribution < -0.4 is 15.4 Å². The van der Waals surface area contributed by atoms with Gasteiger partial charge in [-0.05, 0) is 30.5 Å². The lowest BCUT2D eigenvalue weighted by Crippen LogP contribution is -2.28. The molecule has 144 valence electrons. The molecule has 5 nitrogen and oxygen atoms in total. The molecule has 0 heterocycles. The van der Waals surface area contributed by atoms with Gasteiger partial charge in [-0.3, -0.25) is 9.59 Å². The van der Waals surface area contributed by atoms with E-state index >= 15 is 0 Å². The lowest BCUT2D eigenvalue weighted by atomic mass is 10.1. The zero-order valence-corrected chi connectivity index (χ0v) is 17.0. The summed E-state index contributed by atoms with van der Waals surface area (Å²) in [6.45, 7) is 2.43. The standard InChI is InChI=1S/C20H23ClN2O3S/c1-14-10-17(18(26-2)11-16(14)21)23-20(25)13-27-12-19(24)22-9-8-15-6-4-3-5-7-15/h3-7,10-11H,8-9,12-13H2,1-2H3,(H,22,24)(H,23,25). The van der Waals surface area contributed by atoms with Gasteiger partial charge in [0, 0.05) is 17.6 Å². The zero-order chi connectivity index (χ0) is 19.6. The summed E-state index contributed by atoms with van der Waals surface area (Å²) in [4.78, 5) is 24.0. The van der Waals surface area contributed by atoms with E-state index in [4.69, 9.17) is 16.3 Å². The Morgan fingerprint density at radius 3 is 2.52 bits per heavy atom. The van der Waals surface area contributed by atoms with Crippen molar-refractivity contribution in [1.29, 1.82) is 0 Å². The summed E-state index contributed by atoms with van der Waals surface area (Å²) in [6.07, 6.45) is 0.785. The molecule has 2 N–H and O–H groups in total. The highest BCUT2D eigenvalue weighted by Gasteiger charge is 2.11. The third-order valence-corrected chi connectivity index (χ3v) is 5.14. The number of nitrogens with one attached hydrogen (secondary N) is 2. The van der Waals surface area contributed by atoms with E-state index in [-0.39, 0.29) is 23.3 Å². The van der Waals surface area contributed by atoms with Gasteiger partial charge in [0.25, 0.3) is 0 Å². The van der Waals surface area contributed by atoms with Crippen molar-refractivity contribution in [2.24, 2.45) is 0 Å². The fourth-order valence-electron chi connectivity index (χ4n) is 2.39. The van der Waals surface area contributed by atoms with E-state index in [2.05, 4.69) is 10.6 Å². The van der Waals surface area contributed by atoms with E-state index in [1.807, 2.05) is 37.3 Å². The van der Waals surface area contributed by atoms with E-state index in [9.17, 15) is 9.59 Å². The first-order chi connectivity index (χ1) is 13.0. The zero-order valence-electron chi connectivity index (χ0n) is 15.4. The Morgan fingerprint density at radius 1 is 1.11 bits per heavy atom. The van der Waals surface area contributed by atoms with Crippen LogP contribution in [0.15, 0.2) is 42.5 Å². The molecule has 2 rings (SSSR count). The van der Waals surface area contributed by atoms with Crippen LogP contribution in [0.1, 0.15) is 11.1 Å². The van der Waals surface area contributed by atoms with Crippen LogP contribution in [0.25, 0.3) is 0 Å². The molecule has 0 aliphatic rings. The smallest absolute Gasteiger partial charge is 0.234 e. The van der Waals surface area contributed by atoms with Crippen molar-refractivity contribution in [3.8, 4) is 5.75 Å². The predicted molar refractivity (Wildman–Crippen MR) is 112 cm³/mol. The Bertz CT molecular complexity index is 784. The number of aryl methyl sites for hydroxylation is 1. The van der Waals surface area contributed by atoms with Gasteiger partial charge in [0.15, 0.2) is 0 Å². The number of carbonyl (C=O) groups is 2. The average Bonchev–Trinajstić information content (AvgIpc) is 2.65. The second kappa shape index (κ2) is 10.8. The van der Waals surface area contributed by atoms with Crippen LogP contribution in [0.3, 0.4) is 0 Å². The SMILES string of the molecule is COc1cc(Cl)c(C)cc1NC(=O)CSCC(=O)NCCc1ccccc1. The topological polar surface area (TPSA) is 67.4 Å². The highest BCUT2D eigenvalue weighted by Crippen LogP contribution is 2.30. The average molecular weight is 407 g/mol. The largest absolute Gasteiger partial charge is 0.495 e. The van der Waals surface area contributed by atoms with Gasteiger partial charge in [-0.15, -0.1) is 11.8 Å². The number of halogens is 1. The fourth-order valence-corrected chi connectivity index (χ4v) is 3.20. The molecule has 0 bridgehead atoms. The number of rotatable bonds is 9. The first-order valence-corrected chi connectivity index (χ1v) is 10.0. The number of ether oxygens (including phenoxy) is 1. The molecule has 0 radical (unpaired) electrons. The van der Waals surface area contributed by atoms with Crippen LogP contribution in [0.4, 0.5) is 5.69 Å². The maximum absolute atomic E-state index is 12.1. The van der Waals surface area contributed by atoms with Crippen molar-refractivity contribution in [1.82, 2.24) is 5.32 Å². The van der Waals surface area contributed by atoms with Crippen LogP contribution in [0.5, 0.6) is 5.75 Å². The quantitative estimate of drug-likeness (QED) is 0.666. The van der Waals surface area contributed by atoms with E-state index in [0.29, 0.717) is 23.0 Å². The minimum absolute atomic E-state index is 0.0800. The van der Waals surface area contributed by atoms with Crippen LogP contribution in [-0.4, -0.2) is 37.0 Å². The van der Waals surface area contributed by atoms with Crippen LogP contribution in [-0.2, 0) is 16.0 Å². The number of methoxy groups -OCH3 is 1.